The maximum absolute atomic E-state index is 12.1. The highest BCUT2D eigenvalue weighted by molar-refractivity contribution is 7.99. The number of benzene rings is 1. The largest absolute Gasteiger partial charge is 0.487 e. The first-order valence-corrected chi connectivity index (χ1v) is 8.21. The van der Waals surface area contributed by atoms with Crippen molar-refractivity contribution in [3.8, 4) is 5.75 Å². The number of pyridine rings is 1. The van der Waals surface area contributed by atoms with E-state index in [-0.39, 0.29) is 11.9 Å². The fourth-order valence-electron chi connectivity index (χ4n) is 2.10. The summed E-state index contributed by atoms with van der Waals surface area (Å²) in [6, 6.07) is 13.0. The average Bonchev–Trinajstić information content (AvgIpc) is 3.09. The summed E-state index contributed by atoms with van der Waals surface area (Å²) in [4.78, 5) is 16.3. The number of nitrogens with one attached hydrogen (secondary N) is 2. The van der Waals surface area contributed by atoms with Crippen LogP contribution in [0.25, 0.3) is 0 Å². The molecule has 22 heavy (non-hydrogen) atoms. The summed E-state index contributed by atoms with van der Waals surface area (Å²) < 4.78 is 5.71. The number of ether oxygens (including phenoxy) is 1. The first-order chi connectivity index (χ1) is 10.8. The number of amides is 1. The molecule has 2 aromatic rings. The van der Waals surface area contributed by atoms with Gasteiger partial charge in [0.25, 0.3) is 0 Å². The monoisotopic (exact) mass is 315 g/mol. The molecule has 1 aliphatic heterocycles. The van der Waals surface area contributed by atoms with Crippen molar-refractivity contribution in [2.24, 2.45) is 0 Å². The van der Waals surface area contributed by atoms with Gasteiger partial charge in [0, 0.05) is 29.6 Å². The molecule has 0 bridgehead atoms. The molecule has 2 N–H and O–H groups in total. The van der Waals surface area contributed by atoms with E-state index in [9.17, 15) is 4.79 Å². The normalized spacial score (nSPS) is 17.2. The summed E-state index contributed by atoms with van der Waals surface area (Å²) in [7, 11) is 0. The van der Waals surface area contributed by atoms with Crippen LogP contribution < -0.4 is 15.4 Å². The zero-order chi connectivity index (χ0) is 15.2. The Hall–Kier alpha value is -2.05. The maximum Gasteiger partial charge on any atom is 0.242 e. The predicted molar refractivity (Wildman–Crippen MR) is 87.9 cm³/mol. The van der Waals surface area contributed by atoms with Crippen LogP contribution >= 0.6 is 11.8 Å². The fraction of sp³-hybridized carbons (Fsp3) is 0.250. The second-order valence-electron chi connectivity index (χ2n) is 4.90. The van der Waals surface area contributed by atoms with Gasteiger partial charge in [0.2, 0.25) is 5.91 Å². The van der Waals surface area contributed by atoms with Gasteiger partial charge in [-0.15, -0.1) is 11.8 Å². The zero-order valence-corrected chi connectivity index (χ0v) is 12.8. The molecule has 1 aromatic heterocycles. The molecule has 6 heteroatoms. The summed E-state index contributed by atoms with van der Waals surface area (Å²) in [5.41, 5.74) is 1.60. The van der Waals surface area contributed by atoms with Gasteiger partial charge in [0.05, 0.1) is 11.7 Å². The molecule has 1 aliphatic rings. The first kappa shape index (κ1) is 14.9. The molecular weight excluding hydrogens is 298 g/mol. The van der Waals surface area contributed by atoms with Crippen LogP contribution in [0.3, 0.4) is 0 Å². The van der Waals surface area contributed by atoms with Crippen LogP contribution in [0.2, 0.25) is 0 Å². The first-order valence-electron chi connectivity index (χ1n) is 7.06. The van der Waals surface area contributed by atoms with E-state index in [1.165, 1.54) is 0 Å². The molecule has 1 amide bonds. The van der Waals surface area contributed by atoms with Gasteiger partial charge in [-0.3, -0.25) is 15.1 Å². The second-order valence-corrected chi connectivity index (χ2v) is 5.93. The summed E-state index contributed by atoms with van der Waals surface area (Å²) in [6.45, 7) is 0.402. The van der Waals surface area contributed by atoms with Gasteiger partial charge >= 0.3 is 0 Å². The molecular formula is C16H17N3O2S. The van der Waals surface area contributed by atoms with E-state index in [1.54, 1.807) is 18.0 Å². The minimum atomic E-state index is -0.122. The van der Waals surface area contributed by atoms with E-state index in [0.29, 0.717) is 12.4 Å². The number of rotatable bonds is 5. The molecule has 3 rings (SSSR count). The summed E-state index contributed by atoms with van der Waals surface area (Å²) in [5, 5.41) is 6.06. The lowest BCUT2D eigenvalue weighted by atomic mass is 10.2. The molecule has 2 heterocycles. The van der Waals surface area contributed by atoms with Crippen molar-refractivity contribution in [1.82, 2.24) is 10.3 Å². The van der Waals surface area contributed by atoms with Gasteiger partial charge in [-0.05, 0) is 24.3 Å². The van der Waals surface area contributed by atoms with Crippen molar-refractivity contribution in [3.63, 3.8) is 0 Å². The van der Waals surface area contributed by atoms with Crippen molar-refractivity contribution >= 4 is 23.4 Å². The van der Waals surface area contributed by atoms with Crippen molar-refractivity contribution in [2.45, 2.75) is 12.6 Å². The lowest BCUT2D eigenvalue weighted by Crippen LogP contribution is -2.37. The molecule has 0 aliphatic carbocycles. The molecule has 1 fully saturated rings. The van der Waals surface area contributed by atoms with Crippen LogP contribution in [-0.2, 0) is 11.4 Å². The molecule has 0 spiro atoms. The van der Waals surface area contributed by atoms with Crippen molar-refractivity contribution in [1.29, 1.82) is 0 Å². The van der Waals surface area contributed by atoms with E-state index in [2.05, 4.69) is 15.6 Å². The third kappa shape index (κ3) is 3.99. The van der Waals surface area contributed by atoms with Gasteiger partial charge in [0.1, 0.15) is 12.4 Å². The van der Waals surface area contributed by atoms with E-state index in [4.69, 9.17) is 4.74 Å². The van der Waals surface area contributed by atoms with E-state index >= 15 is 0 Å². The Bertz CT molecular complexity index is 630. The maximum atomic E-state index is 12.1. The number of hydrogen-bond donors (Lipinski definition) is 2. The van der Waals surface area contributed by atoms with Gasteiger partial charge in [0.15, 0.2) is 0 Å². The molecule has 114 valence electrons. The number of hydrogen-bond acceptors (Lipinski definition) is 5. The van der Waals surface area contributed by atoms with Gasteiger partial charge in [-0.1, -0.05) is 12.1 Å². The Balaban J connectivity index is 1.58. The third-order valence-corrected chi connectivity index (χ3v) is 4.19. The Morgan fingerprint density at radius 2 is 2.32 bits per heavy atom. The highest BCUT2D eigenvalue weighted by atomic mass is 32.2. The lowest BCUT2D eigenvalue weighted by Gasteiger charge is -2.12. The van der Waals surface area contributed by atoms with E-state index in [1.807, 2.05) is 42.5 Å². The highest BCUT2D eigenvalue weighted by Crippen LogP contribution is 2.19. The van der Waals surface area contributed by atoms with Crippen LogP contribution in [-0.4, -0.2) is 28.6 Å². The van der Waals surface area contributed by atoms with Gasteiger partial charge in [-0.25, -0.2) is 0 Å². The molecule has 1 unspecified atom stereocenters. The number of anilines is 1. The van der Waals surface area contributed by atoms with Crippen LogP contribution in [0.5, 0.6) is 5.75 Å². The van der Waals surface area contributed by atoms with Gasteiger partial charge in [-0.2, -0.15) is 0 Å². The molecule has 1 atom stereocenters. The summed E-state index contributed by atoms with van der Waals surface area (Å²) in [5.74, 6) is 2.33. The van der Waals surface area contributed by atoms with Crippen LogP contribution in [0.4, 0.5) is 5.69 Å². The Kier molecular flexibility index (Phi) is 4.92. The summed E-state index contributed by atoms with van der Waals surface area (Å²) in [6.07, 6.45) is 1.74. The SMILES string of the molecule is O=C(Nc1cccc(OCc2ccccn2)c1)C1CSCN1. The standard InChI is InChI=1S/C16H17N3O2S/c20-16(15-10-22-11-18-15)19-12-5-3-6-14(8-12)21-9-13-4-1-2-7-17-13/h1-8,15,18H,9-11H2,(H,19,20). The van der Waals surface area contributed by atoms with E-state index < -0.39 is 0 Å². The Labute approximate surface area is 133 Å². The smallest absolute Gasteiger partial charge is 0.242 e. The van der Waals surface area contributed by atoms with Crippen LogP contribution in [0, 0.1) is 0 Å². The number of aromatic nitrogens is 1. The average molecular weight is 315 g/mol. The van der Waals surface area contributed by atoms with Gasteiger partial charge < -0.3 is 10.1 Å². The molecule has 1 saturated heterocycles. The Morgan fingerprint density at radius 1 is 1.36 bits per heavy atom. The van der Waals surface area contributed by atoms with Crippen LogP contribution in [0.1, 0.15) is 5.69 Å². The van der Waals surface area contributed by atoms with Crippen molar-refractivity contribution in [2.75, 3.05) is 16.9 Å². The fourth-order valence-corrected chi connectivity index (χ4v) is 3.04. The van der Waals surface area contributed by atoms with E-state index in [0.717, 1.165) is 23.0 Å². The highest BCUT2D eigenvalue weighted by Gasteiger charge is 2.22. The molecule has 0 saturated carbocycles. The third-order valence-electron chi connectivity index (χ3n) is 3.25. The molecule has 0 radical (unpaired) electrons. The molecule has 1 aromatic carbocycles. The topological polar surface area (TPSA) is 63.2 Å². The number of carbonyl (C=O) groups is 1. The lowest BCUT2D eigenvalue weighted by molar-refractivity contribution is -0.117. The minimum absolute atomic E-state index is 0.00752. The predicted octanol–water partition coefficient (Wildman–Crippen LogP) is 2.26. The Morgan fingerprint density at radius 3 is 3.09 bits per heavy atom. The minimum Gasteiger partial charge on any atom is -0.487 e. The number of nitrogens with zero attached hydrogens (tertiary/aromatic N) is 1. The number of carbonyl (C=O) groups excluding carboxylic acids is 1. The van der Waals surface area contributed by atoms with Crippen LogP contribution in [0.15, 0.2) is 48.7 Å². The quantitative estimate of drug-likeness (QED) is 0.886. The number of thioether (sulfide) groups is 1. The summed E-state index contributed by atoms with van der Waals surface area (Å²) >= 11 is 1.73. The van der Waals surface area contributed by atoms with Crippen molar-refractivity contribution < 1.29 is 9.53 Å². The van der Waals surface area contributed by atoms with Crippen molar-refractivity contribution in [3.05, 3.63) is 54.4 Å². The molecule has 5 nitrogen and oxygen atoms in total. The second kappa shape index (κ2) is 7.29. The zero-order valence-electron chi connectivity index (χ0n) is 12.0.